The second kappa shape index (κ2) is 9.47. The number of amides is 2. The summed E-state index contributed by atoms with van der Waals surface area (Å²) in [5, 5.41) is 15.2. The molecule has 1 aliphatic rings. The Morgan fingerprint density at radius 3 is 2.59 bits per heavy atom. The maximum atomic E-state index is 13.1. The molecule has 2 aromatic carbocycles. The van der Waals surface area contributed by atoms with Crippen LogP contribution in [-0.2, 0) is 16.0 Å². The molecule has 0 saturated carbocycles. The number of hydrazone groups is 1. The molecular formula is C23H27N3O3. The Bertz CT molecular complexity index is 909. The second-order valence-corrected chi connectivity index (χ2v) is 7.29. The van der Waals surface area contributed by atoms with Gasteiger partial charge in [-0.3, -0.25) is 9.59 Å². The van der Waals surface area contributed by atoms with Gasteiger partial charge in [0, 0.05) is 25.9 Å². The van der Waals surface area contributed by atoms with Crippen molar-refractivity contribution in [3.63, 3.8) is 0 Å². The number of aliphatic hydroxyl groups excluding tert-OH is 1. The quantitative estimate of drug-likeness (QED) is 0.786. The summed E-state index contributed by atoms with van der Waals surface area (Å²) in [6.07, 6.45) is 1.25. The molecule has 1 N–H and O–H groups in total. The molecule has 0 fully saturated rings. The van der Waals surface area contributed by atoms with Gasteiger partial charge in [-0.15, -0.1) is 0 Å². The van der Waals surface area contributed by atoms with E-state index in [4.69, 9.17) is 0 Å². The van der Waals surface area contributed by atoms with E-state index in [2.05, 4.69) is 5.10 Å². The van der Waals surface area contributed by atoms with Gasteiger partial charge in [0.05, 0.1) is 12.3 Å². The molecule has 0 radical (unpaired) electrons. The highest BCUT2D eigenvalue weighted by molar-refractivity contribution is 6.40. The number of aliphatic hydroxyl groups is 1. The van der Waals surface area contributed by atoms with E-state index in [1.54, 1.807) is 4.90 Å². The van der Waals surface area contributed by atoms with E-state index in [-0.39, 0.29) is 31.4 Å². The zero-order valence-electron chi connectivity index (χ0n) is 17.0. The van der Waals surface area contributed by atoms with Crippen molar-refractivity contribution >= 4 is 23.2 Å². The van der Waals surface area contributed by atoms with Gasteiger partial charge in [0.1, 0.15) is 5.71 Å². The largest absolute Gasteiger partial charge is 0.395 e. The summed E-state index contributed by atoms with van der Waals surface area (Å²) < 4.78 is 0. The highest BCUT2D eigenvalue weighted by Crippen LogP contribution is 2.25. The average Bonchev–Trinajstić information content (AvgIpc) is 2.73. The summed E-state index contributed by atoms with van der Waals surface area (Å²) in [7, 11) is 0. The van der Waals surface area contributed by atoms with Gasteiger partial charge in [0.2, 0.25) is 5.91 Å². The molecule has 29 heavy (non-hydrogen) atoms. The number of benzene rings is 2. The number of hydrogen-bond donors (Lipinski definition) is 1. The SMILES string of the molecule is Cc1ccc(C)c(N2N=C(C(=O)N(CCO)CCc3ccccc3)CCC2=O)c1. The third kappa shape index (κ3) is 5.09. The first kappa shape index (κ1) is 20.7. The van der Waals surface area contributed by atoms with Crippen molar-refractivity contribution in [2.24, 2.45) is 5.10 Å². The number of nitrogens with zero attached hydrogens (tertiary/aromatic N) is 3. The van der Waals surface area contributed by atoms with Crippen LogP contribution in [0.2, 0.25) is 0 Å². The van der Waals surface area contributed by atoms with E-state index in [9.17, 15) is 14.7 Å². The van der Waals surface area contributed by atoms with Crippen LogP contribution in [0.1, 0.15) is 29.5 Å². The van der Waals surface area contributed by atoms with Crippen LogP contribution in [0.5, 0.6) is 0 Å². The molecule has 6 nitrogen and oxygen atoms in total. The smallest absolute Gasteiger partial charge is 0.270 e. The molecule has 2 amide bonds. The predicted molar refractivity (Wildman–Crippen MR) is 114 cm³/mol. The molecule has 0 bridgehead atoms. The number of anilines is 1. The molecule has 0 aliphatic carbocycles. The minimum atomic E-state index is -0.224. The Labute approximate surface area is 171 Å². The Morgan fingerprint density at radius 2 is 1.86 bits per heavy atom. The maximum Gasteiger partial charge on any atom is 0.270 e. The van der Waals surface area contributed by atoms with Gasteiger partial charge in [-0.05, 0) is 43.0 Å². The molecule has 1 aliphatic heterocycles. The van der Waals surface area contributed by atoms with Gasteiger partial charge < -0.3 is 10.0 Å². The fraction of sp³-hybridized carbons (Fsp3) is 0.348. The van der Waals surface area contributed by atoms with Crippen molar-refractivity contribution in [3.8, 4) is 0 Å². The third-order valence-electron chi connectivity index (χ3n) is 5.04. The molecule has 152 valence electrons. The summed E-state index contributed by atoms with van der Waals surface area (Å²) in [6.45, 7) is 4.49. The van der Waals surface area contributed by atoms with Crippen LogP contribution < -0.4 is 5.01 Å². The Hall–Kier alpha value is -2.99. The lowest BCUT2D eigenvalue weighted by molar-refractivity contribution is -0.124. The fourth-order valence-electron chi connectivity index (χ4n) is 3.37. The highest BCUT2D eigenvalue weighted by Gasteiger charge is 2.29. The lowest BCUT2D eigenvalue weighted by Gasteiger charge is -2.28. The van der Waals surface area contributed by atoms with Crippen LogP contribution in [0.25, 0.3) is 0 Å². The zero-order valence-corrected chi connectivity index (χ0v) is 17.0. The van der Waals surface area contributed by atoms with E-state index < -0.39 is 0 Å². The summed E-state index contributed by atoms with van der Waals surface area (Å²) in [5.74, 6) is -0.342. The molecule has 1 heterocycles. The van der Waals surface area contributed by atoms with Crippen molar-refractivity contribution in [1.29, 1.82) is 0 Å². The number of aryl methyl sites for hydroxylation is 2. The first-order valence-electron chi connectivity index (χ1n) is 9.91. The van der Waals surface area contributed by atoms with E-state index >= 15 is 0 Å². The van der Waals surface area contributed by atoms with E-state index in [0.717, 1.165) is 16.7 Å². The van der Waals surface area contributed by atoms with Crippen LogP contribution in [0, 0.1) is 13.8 Å². The average molecular weight is 393 g/mol. The summed E-state index contributed by atoms with van der Waals surface area (Å²) >= 11 is 0. The maximum absolute atomic E-state index is 13.1. The lowest BCUT2D eigenvalue weighted by Crippen LogP contribution is -2.43. The van der Waals surface area contributed by atoms with Crippen LogP contribution in [-0.4, -0.2) is 47.2 Å². The van der Waals surface area contributed by atoms with E-state index in [0.29, 0.717) is 30.8 Å². The number of carbonyl (C=O) groups excluding carboxylic acids is 2. The van der Waals surface area contributed by atoms with E-state index in [1.165, 1.54) is 5.01 Å². The fourth-order valence-corrected chi connectivity index (χ4v) is 3.37. The summed E-state index contributed by atoms with van der Waals surface area (Å²) in [6, 6.07) is 15.7. The Kier molecular flexibility index (Phi) is 6.77. The second-order valence-electron chi connectivity index (χ2n) is 7.29. The van der Waals surface area contributed by atoms with Gasteiger partial charge in [-0.1, -0.05) is 42.5 Å². The van der Waals surface area contributed by atoms with Gasteiger partial charge in [-0.2, -0.15) is 5.10 Å². The molecular weight excluding hydrogens is 366 g/mol. The molecule has 0 spiro atoms. The zero-order chi connectivity index (χ0) is 20.8. The van der Waals surface area contributed by atoms with Crippen LogP contribution >= 0.6 is 0 Å². The van der Waals surface area contributed by atoms with Crippen LogP contribution in [0.15, 0.2) is 53.6 Å². The normalized spacial score (nSPS) is 14.0. The number of rotatable bonds is 7. The van der Waals surface area contributed by atoms with Crippen LogP contribution in [0.3, 0.4) is 0 Å². The molecule has 3 rings (SSSR count). The van der Waals surface area contributed by atoms with E-state index in [1.807, 2.05) is 62.4 Å². The molecule has 0 unspecified atom stereocenters. The van der Waals surface area contributed by atoms with Gasteiger partial charge in [0.25, 0.3) is 5.91 Å². The summed E-state index contributed by atoms with van der Waals surface area (Å²) in [4.78, 5) is 27.2. The molecule has 0 atom stereocenters. The monoisotopic (exact) mass is 393 g/mol. The summed E-state index contributed by atoms with van der Waals surface area (Å²) in [5.41, 5.74) is 4.14. The van der Waals surface area contributed by atoms with Crippen LogP contribution in [0.4, 0.5) is 5.69 Å². The van der Waals surface area contributed by atoms with Crippen molar-refractivity contribution in [1.82, 2.24) is 4.90 Å². The van der Waals surface area contributed by atoms with Gasteiger partial charge >= 0.3 is 0 Å². The molecule has 0 aromatic heterocycles. The Balaban J connectivity index is 1.81. The van der Waals surface area contributed by atoms with Crippen molar-refractivity contribution < 1.29 is 14.7 Å². The minimum Gasteiger partial charge on any atom is -0.395 e. The number of hydrogen-bond acceptors (Lipinski definition) is 4. The van der Waals surface area contributed by atoms with Crippen molar-refractivity contribution in [2.75, 3.05) is 24.7 Å². The predicted octanol–water partition coefficient (Wildman–Crippen LogP) is 2.85. The minimum absolute atomic E-state index is 0.117. The first-order valence-corrected chi connectivity index (χ1v) is 9.91. The standard InChI is InChI=1S/C23H27N3O3/c1-17-8-9-18(2)21(16-17)26-22(28)11-10-20(24-26)23(29)25(14-15-27)13-12-19-6-4-3-5-7-19/h3-9,16,27H,10-15H2,1-2H3. The molecule has 0 saturated heterocycles. The van der Waals surface area contributed by atoms with Crippen molar-refractivity contribution in [3.05, 3.63) is 65.2 Å². The topological polar surface area (TPSA) is 73.2 Å². The number of carbonyl (C=O) groups is 2. The third-order valence-corrected chi connectivity index (χ3v) is 5.04. The molecule has 2 aromatic rings. The highest BCUT2D eigenvalue weighted by atomic mass is 16.3. The van der Waals surface area contributed by atoms with Crippen molar-refractivity contribution in [2.45, 2.75) is 33.1 Å². The Morgan fingerprint density at radius 1 is 1.10 bits per heavy atom. The first-order chi connectivity index (χ1) is 14.0. The lowest BCUT2D eigenvalue weighted by atomic mass is 10.1. The molecule has 6 heteroatoms. The van der Waals surface area contributed by atoms with Gasteiger partial charge in [0.15, 0.2) is 0 Å². The van der Waals surface area contributed by atoms with Gasteiger partial charge in [-0.25, -0.2) is 5.01 Å².